The molecule has 3 rings (SSSR count). The van der Waals surface area contributed by atoms with Crippen molar-refractivity contribution >= 4 is 11.8 Å². The van der Waals surface area contributed by atoms with Crippen LogP contribution < -0.4 is 10.1 Å². The summed E-state index contributed by atoms with van der Waals surface area (Å²) in [6.45, 7) is 4.36. The largest absolute Gasteiger partial charge is 0.479 e. The number of nitrogens with zero attached hydrogens (tertiary/aromatic N) is 6. The molecule has 0 aromatic carbocycles. The zero-order chi connectivity index (χ0) is 19.2. The summed E-state index contributed by atoms with van der Waals surface area (Å²) in [7, 11) is 3.27. The fourth-order valence-electron chi connectivity index (χ4n) is 3.06. The first-order valence-corrected chi connectivity index (χ1v) is 8.90. The van der Waals surface area contributed by atoms with Gasteiger partial charge >= 0.3 is 0 Å². The average Bonchev–Trinajstić information content (AvgIpc) is 3.31. The fourth-order valence-corrected chi connectivity index (χ4v) is 3.06. The summed E-state index contributed by atoms with van der Waals surface area (Å²) in [5.41, 5.74) is 0.485. The summed E-state index contributed by atoms with van der Waals surface area (Å²) in [4.78, 5) is 28.6. The minimum Gasteiger partial charge on any atom is -0.479 e. The van der Waals surface area contributed by atoms with E-state index < -0.39 is 0 Å². The Morgan fingerprint density at radius 2 is 2.04 bits per heavy atom. The molecule has 2 aromatic heterocycles. The van der Waals surface area contributed by atoms with Crippen LogP contribution in [0.5, 0.6) is 5.88 Å². The van der Waals surface area contributed by atoms with Crippen molar-refractivity contribution in [1.82, 2.24) is 34.7 Å². The zero-order valence-corrected chi connectivity index (χ0v) is 15.7. The van der Waals surface area contributed by atoms with Crippen LogP contribution in [0.4, 0.5) is 0 Å². The highest BCUT2D eigenvalue weighted by Crippen LogP contribution is 2.18. The Bertz CT molecular complexity index is 764. The van der Waals surface area contributed by atoms with Gasteiger partial charge in [-0.05, 0) is 6.07 Å². The van der Waals surface area contributed by atoms with E-state index in [2.05, 4.69) is 20.4 Å². The Hall–Kier alpha value is -2.88. The Labute approximate surface area is 157 Å². The number of rotatable bonds is 7. The molecule has 3 heterocycles. The van der Waals surface area contributed by atoms with E-state index in [1.165, 1.54) is 7.11 Å². The molecule has 0 aliphatic carbocycles. The predicted molar refractivity (Wildman–Crippen MR) is 97.3 cm³/mol. The van der Waals surface area contributed by atoms with Gasteiger partial charge in [-0.1, -0.05) is 0 Å². The first-order chi connectivity index (χ1) is 13.1. The quantitative estimate of drug-likeness (QED) is 0.680. The SMILES string of the molecule is COc1nn(C)cc1C(=O)N1CCN(CCNC(=O)Cn2cccn2)CC1. The average molecular weight is 375 g/mol. The lowest BCUT2D eigenvalue weighted by Crippen LogP contribution is -2.50. The molecule has 27 heavy (non-hydrogen) atoms. The molecule has 0 saturated carbocycles. The van der Waals surface area contributed by atoms with Gasteiger partial charge < -0.3 is 15.0 Å². The number of nitrogens with one attached hydrogen (secondary N) is 1. The molecule has 10 heteroatoms. The molecule has 0 radical (unpaired) electrons. The minimum absolute atomic E-state index is 0.0591. The number of hydrogen-bond donors (Lipinski definition) is 1. The molecule has 1 saturated heterocycles. The number of aromatic nitrogens is 4. The van der Waals surface area contributed by atoms with Crippen LogP contribution in [0.15, 0.2) is 24.7 Å². The van der Waals surface area contributed by atoms with Crippen molar-refractivity contribution < 1.29 is 14.3 Å². The van der Waals surface area contributed by atoms with Gasteiger partial charge in [-0.25, -0.2) is 0 Å². The molecule has 1 aliphatic rings. The van der Waals surface area contributed by atoms with Crippen LogP contribution in [0.1, 0.15) is 10.4 Å². The summed E-state index contributed by atoms with van der Waals surface area (Å²) in [5, 5.41) is 11.0. The van der Waals surface area contributed by atoms with Crippen LogP contribution in [0.3, 0.4) is 0 Å². The first kappa shape index (κ1) is 18.9. The van der Waals surface area contributed by atoms with E-state index in [0.717, 1.165) is 19.6 Å². The second kappa shape index (κ2) is 8.67. The van der Waals surface area contributed by atoms with Gasteiger partial charge in [0.25, 0.3) is 5.91 Å². The number of piperazine rings is 1. The standard InChI is InChI=1S/C17H25N7O3/c1-21-12-14(16(20-21)27-2)17(26)23-10-8-22(9-11-23)7-5-18-15(25)13-24-6-3-4-19-24/h3-4,6,12H,5,7-11,13H2,1-2H3,(H,18,25). The van der Waals surface area contributed by atoms with Gasteiger partial charge in [0.05, 0.1) is 7.11 Å². The molecule has 1 aliphatic heterocycles. The van der Waals surface area contributed by atoms with Crippen LogP contribution in [-0.4, -0.2) is 87.6 Å². The summed E-state index contributed by atoms with van der Waals surface area (Å²) >= 11 is 0. The molecule has 0 atom stereocenters. The number of methoxy groups -OCH3 is 1. The van der Waals surface area contributed by atoms with Gasteiger partial charge in [0.1, 0.15) is 12.1 Å². The van der Waals surface area contributed by atoms with Gasteiger partial charge in [0, 0.05) is 64.9 Å². The minimum atomic E-state index is -0.0628. The molecule has 0 bridgehead atoms. The Morgan fingerprint density at radius 1 is 1.26 bits per heavy atom. The molecule has 1 fully saturated rings. The van der Waals surface area contributed by atoms with E-state index in [4.69, 9.17) is 4.74 Å². The number of ether oxygens (including phenoxy) is 1. The highest BCUT2D eigenvalue weighted by molar-refractivity contribution is 5.96. The molecule has 10 nitrogen and oxygen atoms in total. The van der Waals surface area contributed by atoms with Crippen LogP contribution in [-0.2, 0) is 18.4 Å². The summed E-state index contributed by atoms with van der Waals surface area (Å²) < 4.78 is 8.34. The molecular weight excluding hydrogens is 350 g/mol. The Balaban J connectivity index is 1.39. The summed E-state index contributed by atoms with van der Waals surface area (Å²) in [6.07, 6.45) is 5.09. The highest BCUT2D eigenvalue weighted by Gasteiger charge is 2.25. The van der Waals surface area contributed by atoms with Crippen molar-refractivity contribution in [2.75, 3.05) is 46.4 Å². The molecule has 0 unspecified atom stereocenters. The summed E-state index contributed by atoms with van der Waals surface area (Å²) in [5.74, 6) is 0.230. The third kappa shape index (κ3) is 4.85. The number of hydrogen-bond acceptors (Lipinski definition) is 6. The van der Waals surface area contributed by atoms with Crippen LogP contribution in [0, 0.1) is 0 Å². The van der Waals surface area contributed by atoms with Crippen molar-refractivity contribution in [3.05, 3.63) is 30.2 Å². The first-order valence-electron chi connectivity index (χ1n) is 8.90. The topological polar surface area (TPSA) is 97.5 Å². The molecule has 2 amide bonds. The third-order valence-corrected chi connectivity index (χ3v) is 4.49. The molecule has 1 N–H and O–H groups in total. The zero-order valence-electron chi connectivity index (χ0n) is 15.7. The lowest BCUT2D eigenvalue weighted by atomic mass is 10.2. The fraction of sp³-hybridized carbons (Fsp3) is 0.529. The second-order valence-electron chi connectivity index (χ2n) is 6.41. The van der Waals surface area contributed by atoms with Crippen molar-refractivity contribution in [3.63, 3.8) is 0 Å². The number of carbonyl (C=O) groups excluding carboxylic acids is 2. The maximum absolute atomic E-state index is 12.7. The third-order valence-electron chi connectivity index (χ3n) is 4.49. The maximum atomic E-state index is 12.7. The smallest absolute Gasteiger partial charge is 0.261 e. The van der Waals surface area contributed by atoms with Gasteiger partial charge in [-0.15, -0.1) is 5.10 Å². The predicted octanol–water partition coefficient (Wildman–Crippen LogP) is -0.801. The number of aryl methyl sites for hydroxylation is 1. The molecule has 2 aromatic rings. The molecule has 146 valence electrons. The van der Waals surface area contributed by atoms with E-state index in [1.807, 2.05) is 4.90 Å². The normalized spacial score (nSPS) is 15.0. The van der Waals surface area contributed by atoms with Crippen molar-refractivity contribution in [3.8, 4) is 5.88 Å². The maximum Gasteiger partial charge on any atom is 0.261 e. The van der Waals surface area contributed by atoms with E-state index >= 15 is 0 Å². The van der Waals surface area contributed by atoms with Crippen LogP contribution in [0.25, 0.3) is 0 Å². The van der Waals surface area contributed by atoms with E-state index in [-0.39, 0.29) is 18.4 Å². The van der Waals surface area contributed by atoms with Gasteiger partial charge in [-0.2, -0.15) is 5.10 Å². The summed E-state index contributed by atoms with van der Waals surface area (Å²) in [6, 6.07) is 1.79. The number of carbonyl (C=O) groups is 2. The van der Waals surface area contributed by atoms with Gasteiger partial charge in [0.2, 0.25) is 11.8 Å². The van der Waals surface area contributed by atoms with Crippen molar-refractivity contribution in [2.45, 2.75) is 6.54 Å². The monoisotopic (exact) mass is 375 g/mol. The van der Waals surface area contributed by atoms with E-state index in [9.17, 15) is 9.59 Å². The molecule has 0 spiro atoms. The van der Waals surface area contributed by atoms with Gasteiger partial charge in [0.15, 0.2) is 0 Å². The van der Waals surface area contributed by atoms with Gasteiger partial charge in [-0.3, -0.25) is 23.9 Å². The number of amides is 2. The lowest BCUT2D eigenvalue weighted by Gasteiger charge is -2.34. The van der Waals surface area contributed by atoms with E-state index in [0.29, 0.717) is 31.1 Å². The Kier molecular flexibility index (Phi) is 6.07. The van der Waals surface area contributed by atoms with Crippen LogP contribution >= 0.6 is 0 Å². The second-order valence-corrected chi connectivity index (χ2v) is 6.41. The van der Waals surface area contributed by atoms with Crippen LogP contribution in [0.2, 0.25) is 0 Å². The van der Waals surface area contributed by atoms with E-state index in [1.54, 1.807) is 41.1 Å². The Morgan fingerprint density at radius 3 is 2.70 bits per heavy atom. The van der Waals surface area contributed by atoms with Crippen molar-refractivity contribution in [2.24, 2.45) is 7.05 Å². The lowest BCUT2D eigenvalue weighted by molar-refractivity contribution is -0.121. The van der Waals surface area contributed by atoms with Crippen molar-refractivity contribution in [1.29, 1.82) is 0 Å². The highest BCUT2D eigenvalue weighted by atomic mass is 16.5. The molecular formula is C17H25N7O3.